The topological polar surface area (TPSA) is 35.6 Å². The molecule has 0 bridgehead atoms. The van der Waals surface area contributed by atoms with Gasteiger partial charge in [0.15, 0.2) is 0 Å². The first-order chi connectivity index (χ1) is 7.19. The average molecular weight is 213 g/mol. The van der Waals surface area contributed by atoms with Crippen LogP contribution in [0.2, 0.25) is 0 Å². The first-order valence-electron chi connectivity index (χ1n) is 5.81. The van der Waals surface area contributed by atoms with Crippen molar-refractivity contribution < 1.29 is 4.79 Å². The van der Waals surface area contributed by atoms with E-state index >= 15 is 0 Å². The minimum atomic E-state index is 0.181. The molecule has 15 heavy (non-hydrogen) atoms. The van der Waals surface area contributed by atoms with Crippen molar-refractivity contribution in [3.8, 4) is 0 Å². The van der Waals surface area contributed by atoms with E-state index in [2.05, 4.69) is 17.1 Å². The summed E-state index contributed by atoms with van der Waals surface area (Å²) in [6.45, 7) is 5.78. The van der Waals surface area contributed by atoms with Crippen LogP contribution in [0.15, 0.2) is 0 Å². The highest BCUT2D eigenvalue weighted by Gasteiger charge is 2.25. The summed E-state index contributed by atoms with van der Waals surface area (Å²) in [7, 11) is 3.70. The number of rotatable bonds is 5. The number of carbonyl (C=O) groups excluding carboxylic acids is 1. The van der Waals surface area contributed by atoms with E-state index in [0.717, 1.165) is 13.1 Å². The van der Waals surface area contributed by atoms with E-state index in [-0.39, 0.29) is 5.91 Å². The van der Waals surface area contributed by atoms with Crippen LogP contribution in [0.5, 0.6) is 0 Å². The zero-order valence-corrected chi connectivity index (χ0v) is 10.1. The molecule has 4 heteroatoms. The third-order valence-electron chi connectivity index (χ3n) is 3.14. The normalized spacial score (nSPS) is 21.9. The summed E-state index contributed by atoms with van der Waals surface area (Å²) in [6, 6.07) is 0.570. The zero-order valence-electron chi connectivity index (χ0n) is 10.1. The highest BCUT2D eigenvalue weighted by Crippen LogP contribution is 2.17. The molecule has 1 rings (SSSR count). The van der Waals surface area contributed by atoms with Crippen molar-refractivity contribution in [1.29, 1.82) is 0 Å². The van der Waals surface area contributed by atoms with Gasteiger partial charge in [0.05, 0.1) is 6.54 Å². The molecular weight excluding hydrogens is 190 g/mol. The summed E-state index contributed by atoms with van der Waals surface area (Å²) in [5.74, 6) is 0.181. The number of likely N-dealkylation sites (N-methyl/N-ethyl adjacent to an activating group) is 3. The summed E-state index contributed by atoms with van der Waals surface area (Å²) in [4.78, 5) is 15.9. The maximum absolute atomic E-state index is 11.6. The Balaban J connectivity index is 2.36. The molecule has 1 amide bonds. The molecule has 0 aliphatic carbocycles. The summed E-state index contributed by atoms with van der Waals surface area (Å²) >= 11 is 0. The molecule has 88 valence electrons. The number of likely N-dealkylation sites (tertiary alicyclic amines) is 1. The van der Waals surface area contributed by atoms with Gasteiger partial charge in [0.25, 0.3) is 0 Å². The SMILES string of the molecule is CCN1CCCC1CN(C)C(=O)CNC. The van der Waals surface area contributed by atoms with Crippen molar-refractivity contribution in [3.63, 3.8) is 0 Å². The standard InChI is InChI=1S/C11H23N3O/c1-4-14-7-5-6-10(14)9-13(3)11(15)8-12-2/h10,12H,4-9H2,1-3H3. The molecule has 1 unspecified atom stereocenters. The fourth-order valence-electron chi connectivity index (χ4n) is 2.22. The van der Waals surface area contributed by atoms with Crippen molar-refractivity contribution in [3.05, 3.63) is 0 Å². The van der Waals surface area contributed by atoms with E-state index in [1.807, 2.05) is 11.9 Å². The van der Waals surface area contributed by atoms with Gasteiger partial charge in [-0.2, -0.15) is 0 Å². The van der Waals surface area contributed by atoms with Gasteiger partial charge in [0.1, 0.15) is 0 Å². The molecule has 1 saturated heterocycles. The lowest BCUT2D eigenvalue weighted by Crippen LogP contribution is -2.43. The van der Waals surface area contributed by atoms with Crippen molar-refractivity contribution in [2.75, 3.05) is 40.3 Å². The molecule has 0 spiro atoms. The zero-order chi connectivity index (χ0) is 11.3. The van der Waals surface area contributed by atoms with Gasteiger partial charge < -0.3 is 10.2 Å². The highest BCUT2D eigenvalue weighted by atomic mass is 16.2. The Morgan fingerprint density at radius 1 is 1.60 bits per heavy atom. The smallest absolute Gasteiger partial charge is 0.236 e. The average Bonchev–Trinajstić information content (AvgIpc) is 2.65. The van der Waals surface area contributed by atoms with Crippen LogP contribution in [0.1, 0.15) is 19.8 Å². The van der Waals surface area contributed by atoms with Gasteiger partial charge in [0.2, 0.25) is 5.91 Å². The van der Waals surface area contributed by atoms with Crippen LogP contribution in [0.3, 0.4) is 0 Å². The molecular formula is C11H23N3O. The first kappa shape index (κ1) is 12.5. The van der Waals surface area contributed by atoms with E-state index in [0.29, 0.717) is 12.6 Å². The van der Waals surface area contributed by atoms with Gasteiger partial charge in [-0.3, -0.25) is 9.69 Å². The highest BCUT2D eigenvalue weighted by molar-refractivity contribution is 5.77. The molecule has 1 aliphatic heterocycles. The monoisotopic (exact) mass is 213 g/mol. The van der Waals surface area contributed by atoms with Crippen LogP contribution in [-0.2, 0) is 4.79 Å². The summed E-state index contributed by atoms with van der Waals surface area (Å²) in [5.41, 5.74) is 0. The van der Waals surface area contributed by atoms with Crippen LogP contribution in [0.25, 0.3) is 0 Å². The summed E-state index contributed by atoms with van der Waals surface area (Å²) in [5, 5.41) is 2.89. The molecule has 1 atom stereocenters. The van der Waals surface area contributed by atoms with E-state index < -0.39 is 0 Å². The Morgan fingerprint density at radius 2 is 2.33 bits per heavy atom. The molecule has 0 aromatic carbocycles. The number of hydrogen-bond donors (Lipinski definition) is 1. The predicted octanol–water partition coefficient (Wildman–Crippen LogP) is 0.149. The summed E-state index contributed by atoms with van der Waals surface area (Å²) in [6.07, 6.45) is 2.50. The number of nitrogens with zero attached hydrogens (tertiary/aromatic N) is 2. The second-order valence-electron chi connectivity index (χ2n) is 4.23. The van der Waals surface area contributed by atoms with Crippen molar-refractivity contribution >= 4 is 5.91 Å². The fourth-order valence-corrected chi connectivity index (χ4v) is 2.22. The molecule has 1 aliphatic rings. The Hall–Kier alpha value is -0.610. The minimum absolute atomic E-state index is 0.181. The Bertz CT molecular complexity index is 208. The molecule has 0 aromatic heterocycles. The van der Waals surface area contributed by atoms with E-state index in [9.17, 15) is 4.79 Å². The molecule has 0 aromatic rings. The Labute approximate surface area is 92.6 Å². The molecule has 1 fully saturated rings. The van der Waals surface area contributed by atoms with Crippen molar-refractivity contribution in [2.24, 2.45) is 0 Å². The Morgan fingerprint density at radius 3 is 2.93 bits per heavy atom. The van der Waals surface area contributed by atoms with E-state index in [1.165, 1.54) is 19.4 Å². The van der Waals surface area contributed by atoms with Crippen molar-refractivity contribution in [2.45, 2.75) is 25.8 Å². The van der Waals surface area contributed by atoms with Gasteiger partial charge in [-0.05, 0) is 33.0 Å². The minimum Gasteiger partial charge on any atom is -0.343 e. The lowest BCUT2D eigenvalue weighted by Gasteiger charge is -2.27. The van der Waals surface area contributed by atoms with Gasteiger partial charge in [-0.15, -0.1) is 0 Å². The molecule has 1 heterocycles. The van der Waals surface area contributed by atoms with E-state index in [1.54, 1.807) is 7.05 Å². The quantitative estimate of drug-likeness (QED) is 0.706. The van der Waals surface area contributed by atoms with E-state index in [4.69, 9.17) is 0 Å². The fraction of sp³-hybridized carbons (Fsp3) is 0.909. The lowest BCUT2D eigenvalue weighted by atomic mass is 10.2. The molecule has 0 saturated carbocycles. The van der Waals surface area contributed by atoms with Crippen LogP contribution < -0.4 is 5.32 Å². The van der Waals surface area contributed by atoms with Crippen LogP contribution >= 0.6 is 0 Å². The number of nitrogens with one attached hydrogen (secondary N) is 1. The number of amides is 1. The van der Waals surface area contributed by atoms with Gasteiger partial charge in [-0.1, -0.05) is 6.92 Å². The largest absolute Gasteiger partial charge is 0.343 e. The maximum Gasteiger partial charge on any atom is 0.236 e. The Kier molecular flexibility index (Phi) is 5.05. The van der Waals surface area contributed by atoms with Gasteiger partial charge >= 0.3 is 0 Å². The van der Waals surface area contributed by atoms with Crippen molar-refractivity contribution in [1.82, 2.24) is 15.1 Å². The van der Waals surface area contributed by atoms with Gasteiger partial charge in [0, 0.05) is 19.6 Å². The molecule has 4 nitrogen and oxygen atoms in total. The second kappa shape index (κ2) is 6.08. The first-order valence-corrected chi connectivity index (χ1v) is 5.81. The second-order valence-corrected chi connectivity index (χ2v) is 4.23. The van der Waals surface area contributed by atoms with Crippen LogP contribution in [-0.4, -0.2) is 62.0 Å². The maximum atomic E-state index is 11.6. The lowest BCUT2D eigenvalue weighted by molar-refractivity contribution is -0.129. The predicted molar refractivity (Wildman–Crippen MR) is 61.8 cm³/mol. The molecule has 0 radical (unpaired) electrons. The van der Waals surface area contributed by atoms with Gasteiger partial charge in [-0.25, -0.2) is 0 Å². The third kappa shape index (κ3) is 3.47. The number of carbonyl (C=O) groups is 1. The number of hydrogen-bond acceptors (Lipinski definition) is 3. The summed E-state index contributed by atoms with van der Waals surface area (Å²) < 4.78 is 0. The third-order valence-corrected chi connectivity index (χ3v) is 3.14. The molecule has 1 N–H and O–H groups in total. The van der Waals surface area contributed by atoms with Crippen LogP contribution in [0, 0.1) is 0 Å². The van der Waals surface area contributed by atoms with Crippen LogP contribution in [0.4, 0.5) is 0 Å².